The van der Waals surface area contributed by atoms with Crippen molar-refractivity contribution in [2.24, 2.45) is 13.0 Å². The van der Waals surface area contributed by atoms with Crippen LogP contribution in [-0.4, -0.2) is 22.9 Å². The van der Waals surface area contributed by atoms with Crippen LogP contribution in [0.3, 0.4) is 0 Å². The van der Waals surface area contributed by atoms with Crippen LogP contribution >= 0.6 is 0 Å². The van der Waals surface area contributed by atoms with E-state index in [1.54, 1.807) is 17.8 Å². The Hall–Kier alpha value is -1.58. The van der Waals surface area contributed by atoms with E-state index in [4.69, 9.17) is 4.74 Å². The van der Waals surface area contributed by atoms with Crippen LogP contribution in [0.25, 0.3) is 0 Å². The Labute approximate surface area is 95.2 Å². The predicted octanol–water partition coefficient (Wildman–Crippen LogP) is 2.04. The van der Waals surface area contributed by atoms with E-state index in [0.717, 1.165) is 0 Å². The Balaban J connectivity index is 2.77. The summed E-state index contributed by atoms with van der Waals surface area (Å²) in [6, 6.07) is 1.53. The van der Waals surface area contributed by atoms with Gasteiger partial charge in [-0.2, -0.15) is 0 Å². The van der Waals surface area contributed by atoms with Gasteiger partial charge in [0.2, 0.25) is 0 Å². The molecular weight excluding hydrogens is 206 g/mol. The van der Waals surface area contributed by atoms with Crippen molar-refractivity contribution >= 4 is 12.3 Å². The maximum absolute atomic E-state index is 11.7. The Morgan fingerprint density at radius 3 is 2.50 bits per heavy atom. The van der Waals surface area contributed by atoms with Crippen molar-refractivity contribution < 1.29 is 14.3 Å². The van der Waals surface area contributed by atoms with Gasteiger partial charge in [0.15, 0.2) is 6.29 Å². The highest BCUT2D eigenvalue weighted by molar-refractivity contribution is 5.91. The molecule has 0 radical (unpaired) electrons. The molecule has 16 heavy (non-hydrogen) atoms. The fourth-order valence-corrected chi connectivity index (χ4v) is 1.18. The number of ether oxygens (including phenoxy) is 1. The Morgan fingerprint density at radius 1 is 1.44 bits per heavy atom. The highest BCUT2D eigenvalue weighted by Crippen LogP contribution is 2.11. The summed E-state index contributed by atoms with van der Waals surface area (Å²) < 4.78 is 6.84. The van der Waals surface area contributed by atoms with Crippen molar-refractivity contribution in [2.45, 2.75) is 26.9 Å². The molecular formula is C12H17NO3. The van der Waals surface area contributed by atoms with Crippen LogP contribution in [0.4, 0.5) is 0 Å². The summed E-state index contributed by atoms with van der Waals surface area (Å²) in [5.41, 5.74) is 0.876. The van der Waals surface area contributed by atoms with Gasteiger partial charge in [0.1, 0.15) is 6.10 Å². The second-order valence-corrected chi connectivity index (χ2v) is 4.24. The molecule has 0 saturated heterocycles. The maximum Gasteiger partial charge on any atom is 0.339 e. The van der Waals surface area contributed by atoms with Crippen LogP contribution in [0.2, 0.25) is 0 Å². The molecule has 0 aliphatic rings. The molecule has 0 bridgehead atoms. The summed E-state index contributed by atoms with van der Waals surface area (Å²) in [5, 5.41) is 0. The van der Waals surface area contributed by atoms with Gasteiger partial charge in [-0.15, -0.1) is 0 Å². The van der Waals surface area contributed by atoms with E-state index in [2.05, 4.69) is 0 Å². The van der Waals surface area contributed by atoms with Crippen molar-refractivity contribution in [3.63, 3.8) is 0 Å². The van der Waals surface area contributed by atoms with Gasteiger partial charge in [0, 0.05) is 13.2 Å². The molecule has 1 heterocycles. The first-order valence-electron chi connectivity index (χ1n) is 5.28. The summed E-state index contributed by atoms with van der Waals surface area (Å²) in [6.07, 6.45) is 2.18. The monoisotopic (exact) mass is 223 g/mol. The fraction of sp³-hybridized carbons (Fsp3) is 0.500. The van der Waals surface area contributed by atoms with E-state index in [1.165, 1.54) is 6.07 Å². The van der Waals surface area contributed by atoms with E-state index in [-0.39, 0.29) is 18.0 Å². The van der Waals surface area contributed by atoms with Crippen molar-refractivity contribution in [1.29, 1.82) is 0 Å². The summed E-state index contributed by atoms with van der Waals surface area (Å²) in [5.74, 6) is -0.108. The number of carbonyl (C=O) groups is 2. The standard InChI is InChI=1S/C12H17NO3/c1-8(2)9(3)16-12(15)10-5-11(7-14)13(4)6-10/h5-9H,1-4H3. The van der Waals surface area contributed by atoms with Gasteiger partial charge in [-0.3, -0.25) is 4.79 Å². The molecule has 0 N–H and O–H groups in total. The molecule has 1 unspecified atom stereocenters. The molecule has 0 saturated carbocycles. The van der Waals surface area contributed by atoms with Gasteiger partial charge in [-0.1, -0.05) is 13.8 Å². The Bertz CT molecular complexity index is 393. The van der Waals surface area contributed by atoms with Crippen molar-refractivity contribution in [1.82, 2.24) is 4.57 Å². The molecule has 1 atom stereocenters. The largest absolute Gasteiger partial charge is 0.459 e. The fourth-order valence-electron chi connectivity index (χ4n) is 1.18. The summed E-state index contributed by atoms with van der Waals surface area (Å²) in [4.78, 5) is 22.3. The van der Waals surface area contributed by atoms with Crippen molar-refractivity contribution in [2.75, 3.05) is 0 Å². The van der Waals surface area contributed by atoms with Crippen LogP contribution < -0.4 is 0 Å². The third-order valence-corrected chi connectivity index (χ3v) is 2.63. The van der Waals surface area contributed by atoms with Gasteiger partial charge in [-0.25, -0.2) is 4.79 Å². The van der Waals surface area contributed by atoms with Gasteiger partial charge in [0.05, 0.1) is 11.3 Å². The Morgan fingerprint density at radius 2 is 2.06 bits per heavy atom. The molecule has 0 aromatic carbocycles. The highest BCUT2D eigenvalue weighted by Gasteiger charge is 2.16. The van der Waals surface area contributed by atoms with Crippen LogP contribution in [0.15, 0.2) is 12.3 Å². The minimum atomic E-state index is -0.384. The van der Waals surface area contributed by atoms with Gasteiger partial charge >= 0.3 is 5.97 Å². The number of aryl methyl sites for hydroxylation is 1. The van der Waals surface area contributed by atoms with Crippen LogP contribution in [0.1, 0.15) is 41.6 Å². The van der Waals surface area contributed by atoms with Gasteiger partial charge in [-0.05, 0) is 18.9 Å². The lowest BCUT2D eigenvalue weighted by molar-refractivity contribution is 0.0238. The normalized spacial score (nSPS) is 12.6. The van der Waals surface area contributed by atoms with Gasteiger partial charge in [0.25, 0.3) is 0 Å². The first-order valence-corrected chi connectivity index (χ1v) is 5.28. The molecule has 1 aromatic rings. The van der Waals surface area contributed by atoms with Crippen molar-refractivity contribution in [3.8, 4) is 0 Å². The molecule has 4 heteroatoms. The van der Waals surface area contributed by atoms with Crippen LogP contribution in [-0.2, 0) is 11.8 Å². The smallest absolute Gasteiger partial charge is 0.339 e. The molecule has 0 aliphatic heterocycles. The lowest BCUT2D eigenvalue weighted by Crippen LogP contribution is -2.19. The number of nitrogens with zero attached hydrogens (tertiary/aromatic N) is 1. The average Bonchev–Trinajstić information content (AvgIpc) is 2.59. The van der Waals surface area contributed by atoms with E-state index in [0.29, 0.717) is 17.5 Å². The number of aldehydes is 1. The quantitative estimate of drug-likeness (QED) is 0.579. The summed E-state index contributed by atoms with van der Waals surface area (Å²) in [6.45, 7) is 5.83. The molecule has 1 aromatic heterocycles. The Kier molecular flexibility index (Phi) is 3.88. The highest BCUT2D eigenvalue weighted by atomic mass is 16.5. The maximum atomic E-state index is 11.7. The zero-order chi connectivity index (χ0) is 12.3. The van der Waals surface area contributed by atoms with Crippen LogP contribution in [0, 0.1) is 5.92 Å². The zero-order valence-electron chi connectivity index (χ0n) is 10.1. The second-order valence-electron chi connectivity index (χ2n) is 4.24. The van der Waals surface area contributed by atoms with E-state index >= 15 is 0 Å². The number of hydrogen-bond donors (Lipinski definition) is 0. The van der Waals surface area contributed by atoms with E-state index < -0.39 is 0 Å². The summed E-state index contributed by atoms with van der Waals surface area (Å²) >= 11 is 0. The number of hydrogen-bond acceptors (Lipinski definition) is 3. The summed E-state index contributed by atoms with van der Waals surface area (Å²) in [7, 11) is 1.71. The molecule has 0 amide bonds. The lowest BCUT2D eigenvalue weighted by Gasteiger charge is -2.15. The minimum absolute atomic E-state index is 0.132. The average molecular weight is 223 g/mol. The topological polar surface area (TPSA) is 48.3 Å². The molecule has 88 valence electrons. The molecule has 0 aliphatic carbocycles. The molecule has 0 spiro atoms. The zero-order valence-corrected chi connectivity index (χ0v) is 10.1. The van der Waals surface area contributed by atoms with Gasteiger partial charge < -0.3 is 9.30 Å². The number of rotatable bonds is 4. The predicted molar refractivity (Wildman–Crippen MR) is 60.5 cm³/mol. The number of carbonyl (C=O) groups excluding carboxylic acids is 2. The minimum Gasteiger partial charge on any atom is -0.459 e. The van der Waals surface area contributed by atoms with E-state index in [9.17, 15) is 9.59 Å². The first kappa shape index (κ1) is 12.5. The van der Waals surface area contributed by atoms with E-state index in [1.807, 2.05) is 20.8 Å². The molecule has 0 fully saturated rings. The number of esters is 1. The number of aromatic nitrogens is 1. The van der Waals surface area contributed by atoms with Crippen molar-refractivity contribution in [3.05, 3.63) is 23.5 Å². The molecule has 1 rings (SSSR count). The lowest BCUT2D eigenvalue weighted by atomic mass is 10.1. The third kappa shape index (κ3) is 2.72. The SMILES string of the molecule is CC(C)C(C)OC(=O)c1cc(C=O)n(C)c1. The third-order valence-electron chi connectivity index (χ3n) is 2.63. The second kappa shape index (κ2) is 4.96. The first-order chi connectivity index (χ1) is 7.45. The van der Waals surface area contributed by atoms with Crippen LogP contribution in [0.5, 0.6) is 0 Å². The molecule has 4 nitrogen and oxygen atoms in total.